The van der Waals surface area contributed by atoms with Gasteiger partial charge in [0.05, 0.1) is 5.69 Å². The molecular formula is C11H21N3O. The Labute approximate surface area is 91.7 Å². The standard InChI is InChI=1S/C11H21N3O/c1-4-5-6-7-14(3)11-13-10(8-12-2)9-15-11/h9,12H,4-8H2,1-3H3. The molecule has 1 aromatic rings. The molecule has 0 aliphatic carbocycles. The Morgan fingerprint density at radius 2 is 2.27 bits per heavy atom. The van der Waals surface area contributed by atoms with Gasteiger partial charge in [-0.1, -0.05) is 19.8 Å². The fraction of sp³-hybridized carbons (Fsp3) is 0.727. The molecule has 1 rings (SSSR count). The van der Waals surface area contributed by atoms with Crippen molar-refractivity contribution in [2.75, 3.05) is 25.5 Å². The highest BCUT2D eigenvalue weighted by molar-refractivity contribution is 5.24. The zero-order chi connectivity index (χ0) is 11.1. The van der Waals surface area contributed by atoms with E-state index in [9.17, 15) is 0 Å². The highest BCUT2D eigenvalue weighted by Crippen LogP contribution is 2.12. The Bertz CT molecular complexity index is 273. The third kappa shape index (κ3) is 3.91. The third-order valence-electron chi connectivity index (χ3n) is 2.32. The van der Waals surface area contributed by atoms with Crippen LogP contribution in [0.15, 0.2) is 10.7 Å². The van der Waals surface area contributed by atoms with E-state index >= 15 is 0 Å². The summed E-state index contributed by atoms with van der Waals surface area (Å²) in [5, 5.41) is 3.05. The summed E-state index contributed by atoms with van der Waals surface area (Å²) in [5.74, 6) is 0. The number of hydrogen-bond acceptors (Lipinski definition) is 4. The van der Waals surface area contributed by atoms with Crippen molar-refractivity contribution in [3.63, 3.8) is 0 Å². The van der Waals surface area contributed by atoms with Gasteiger partial charge in [-0.3, -0.25) is 0 Å². The molecule has 1 N–H and O–H groups in total. The molecule has 0 aromatic carbocycles. The number of unbranched alkanes of at least 4 members (excludes halogenated alkanes) is 2. The summed E-state index contributed by atoms with van der Waals surface area (Å²) in [5.41, 5.74) is 0.954. The molecule has 15 heavy (non-hydrogen) atoms. The lowest BCUT2D eigenvalue weighted by Crippen LogP contribution is -2.18. The Morgan fingerprint density at radius 3 is 2.93 bits per heavy atom. The molecule has 0 atom stereocenters. The molecule has 86 valence electrons. The summed E-state index contributed by atoms with van der Waals surface area (Å²) in [6, 6.07) is 0.719. The van der Waals surface area contributed by atoms with Crippen molar-refractivity contribution in [1.29, 1.82) is 0 Å². The predicted molar refractivity (Wildman–Crippen MR) is 62.1 cm³/mol. The van der Waals surface area contributed by atoms with Crippen LogP contribution < -0.4 is 10.2 Å². The lowest BCUT2D eigenvalue weighted by Gasteiger charge is -2.13. The fourth-order valence-corrected chi connectivity index (χ4v) is 1.43. The highest BCUT2D eigenvalue weighted by atomic mass is 16.4. The Balaban J connectivity index is 2.39. The quantitative estimate of drug-likeness (QED) is 0.701. The van der Waals surface area contributed by atoms with Crippen molar-refractivity contribution < 1.29 is 4.42 Å². The van der Waals surface area contributed by atoms with E-state index in [2.05, 4.69) is 22.1 Å². The molecule has 0 saturated carbocycles. The van der Waals surface area contributed by atoms with Gasteiger partial charge in [-0.25, -0.2) is 0 Å². The van der Waals surface area contributed by atoms with Gasteiger partial charge in [0.25, 0.3) is 6.01 Å². The van der Waals surface area contributed by atoms with Gasteiger partial charge in [0.15, 0.2) is 0 Å². The summed E-state index contributed by atoms with van der Waals surface area (Å²) in [6.07, 6.45) is 5.40. The number of nitrogens with one attached hydrogen (secondary N) is 1. The maximum Gasteiger partial charge on any atom is 0.297 e. The minimum absolute atomic E-state index is 0.719. The summed E-state index contributed by atoms with van der Waals surface area (Å²) < 4.78 is 5.38. The van der Waals surface area contributed by atoms with Crippen LogP contribution in [0.2, 0.25) is 0 Å². The minimum Gasteiger partial charge on any atom is -0.432 e. The van der Waals surface area contributed by atoms with Gasteiger partial charge in [-0.2, -0.15) is 4.98 Å². The lowest BCUT2D eigenvalue weighted by molar-refractivity contribution is 0.538. The molecule has 0 aliphatic rings. The largest absolute Gasteiger partial charge is 0.432 e. The molecule has 0 aliphatic heterocycles. The maximum absolute atomic E-state index is 5.38. The second kappa shape index (κ2) is 6.45. The zero-order valence-electron chi connectivity index (χ0n) is 9.92. The minimum atomic E-state index is 0.719. The zero-order valence-corrected chi connectivity index (χ0v) is 9.92. The first-order chi connectivity index (χ1) is 7.27. The smallest absolute Gasteiger partial charge is 0.297 e. The Morgan fingerprint density at radius 1 is 1.47 bits per heavy atom. The summed E-state index contributed by atoms with van der Waals surface area (Å²) in [4.78, 5) is 6.44. The molecule has 0 spiro atoms. The van der Waals surface area contributed by atoms with Crippen LogP contribution in [0.3, 0.4) is 0 Å². The Kier molecular flexibility index (Phi) is 5.18. The first kappa shape index (κ1) is 12.0. The normalized spacial score (nSPS) is 10.6. The average molecular weight is 211 g/mol. The summed E-state index contributed by atoms with van der Waals surface area (Å²) >= 11 is 0. The first-order valence-electron chi connectivity index (χ1n) is 5.58. The van der Waals surface area contributed by atoms with Crippen LogP contribution in [-0.2, 0) is 6.54 Å². The first-order valence-corrected chi connectivity index (χ1v) is 5.58. The van der Waals surface area contributed by atoms with Crippen molar-refractivity contribution in [2.24, 2.45) is 0 Å². The average Bonchev–Trinajstić information content (AvgIpc) is 2.67. The number of hydrogen-bond donors (Lipinski definition) is 1. The second-order valence-electron chi connectivity index (χ2n) is 3.78. The van der Waals surface area contributed by atoms with Crippen LogP contribution >= 0.6 is 0 Å². The molecular weight excluding hydrogens is 190 g/mol. The van der Waals surface area contributed by atoms with Crippen LogP contribution in [0, 0.1) is 0 Å². The van der Waals surface area contributed by atoms with E-state index in [1.807, 2.05) is 14.1 Å². The van der Waals surface area contributed by atoms with Crippen LogP contribution in [0.1, 0.15) is 31.9 Å². The van der Waals surface area contributed by atoms with E-state index < -0.39 is 0 Å². The number of nitrogens with zero attached hydrogens (tertiary/aromatic N) is 2. The highest BCUT2D eigenvalue weighted by Gasteiger charge is 2.07. The van der Waals surface area contributed by atoms with E-state index in [4.69, 9.17) is 4.42 Å². The maximum atomic E-state index is 5.38. The number of anilines is 1. The van der Waals surface area contributed by atoms with Crippen molar-refractivity contribution in [3.8, 4) is 0 Å². The monoisotopic (exact) mass is 211 g/mol. The van der Waals surface area contributed by atoms with Crippen molar-refractivity contribution in [1.82, 2.24) is 10.3 Å². The van der Waals surface area contributed by atoms with Gasteiger partial charge >= 0.3 is 0 Å². The summed E-state index contributed by atoms with van der Waals surface area (Å²) in [7, 11) is 3.92. The predicted octanol–water partition coefficient (Wildman–Crippen LogP) is 2.02. The second-order valence-corrected chi connectivity index (χ2v) is 3.78. The van der Waals surface area contributed by atoms with E-state index in [0.29, 0.717) is 0 Å². The van der Waals surface area contributed by atoms with E-state index in [1.54, 1.807) is 6.26 Å². The number of oxazole rings is 1. The molecule has 0 unspecified atom stereocenters. The molecule has 0 bridgehead atoms. The van der Waals surface area contributed by atoms with Gasteiger partial charge in [-0.05, 0) is 13.5 Å². The van der Waals surface area contributed by atoms with Gasteiger partial charge in [-0.15, -0.1) is 0 Å². The topological polar surface area (TPSA) is 41.3 Å². The fourth-order valence-electron chi connectivity index (χ4n) is 1.43. The molecule has 0 radical (unpaired) electrons. The van der Waals surface area contributed by atoms with E-state index in [-0.39, 0.29) is 0 Å². The van der Waals surface area contributed by atoms with Gasteiger partial charge in [0.1, 0.15) is 6.26 Å². The van der Waals surface area contributed by atoms with Crippen molar-refractivity contribution in [3.05, 3.63) is 12.0 Å². The molecule has 4 nitrogen and oxygen atoms in total. The SMILES string of the molecule is CCCCCN(C)c1nc(CNC)co1. The van der Waals surface area contributed by atoms with E-state index in [1.165, 1.54) is 19.3 Å². The van der Waals surface area contributed by atoms with E-state index in [0.717, 1.165) is 24.8 Å². The van der Waals surface area contributed by atoms with Gasteiger partial charge in [0.2, 0.25) is 0 Å². The Hall–Kier alpha value is -1.03. The molecule has 1 heterocycles. The summed E-state index contributed by atoms with van der Waals surface area (Å²) in [6.45, 7) is 3.97. The molecule has 4 heteroatoms. The van der Waals surface area contributed by atoms with Crippen LogP contribution in [-0.4, -0.2) is 25.6 Å². The molecule has 0 saturated heterocycles. The molecule has 0 fully saturated rings. The van der Waals surface area contributed by atoms with Crippen LogP contribution in [0.5, 0.6) is 0 Å². The molecule has 1 aromatic heterocycles. The van der Waals surface area contributed by atoms with Crippen molar-refractivity contribution in [2.45, 2.75) is 32.7 Å². The molecule has 0 amide bonds. The van der Waals surface area contributed by atoms with Gasteiger partial charge < -0.3 is 14.6 Å². The van der Waals surface area contributed by atoms with Crippen LogP contribution in [0.4, 0.5) is 6.01 Å². The lowest BCUT2D eigenvalue weighted by atomic mass is 10.2. The third-order valence-corrected chi connectivity index (χ3v) is 2.32. The number of rotatable bonds is 7. The van der Waals surface area contributed by atoms with Crippen LogP contribution in [0.25, 0.3) is 0 Å². The number of aromatic nitrogens is 1. The van der Waals surface area contributed by atoms with Gasteiger partial charge in [0, 0.05) is 20.1 Å². The van der Waals surface area contributed by atoms with Crippen molar-refractivity contribution >= 4 is 6.01 Å².